The van der Waals surface area contributed by atoms with E-state index < -0.39 is 0 Å². The number of rotatable bonds is 13. The van der Waals surface area contributed by atoms with Gasteiger partial charge >= 0.3 is 0 Å². The van der Waals surface area contributed by atoms with Crippen molar-refractivity contribution in [2.24, 2.45) is 0 Å². The molecule has 0 bridgehead atoms. The van der Waals surface area contributed by atoms with Crippen LogP contribution in [0.3, 0.4) is 0 Å². The van der Waals surface area contributed by atoms with E-state index in [4.69, 9.17) is 0 Å². The summed E-state index contributed by atoms with van der Waals surface area (Å²) in [5.74, 6) is 0. The Bertz CT molecular complexity index is 5060. The molecule has 14 aromatic carbocycles. The van der Waals surface area contributed by atoms with E-state index in [9.17, 15) is 0 Å². The summed E-state index contributed by atoms with van der Waals surface area (Å²) >= 11 is 7.94. The maximum atomic E-state index is 4.09. The lowest BCUT2D eigenvalue weighted by Crippen LogP contribution is -2.01. The van der Waals surface area contributed by atoms with E-state index in [0.29, 0.717) is 6.54 Å². The fraction of sp³-hybridized carbons (Fsp3) is 0.0233. The van der Waals surface area contributed by atoms with Crippen LogP contribution in [0.1, 0.15) is 11.1 Å². The molecule has 0 saturated heterocycles. The van der Waals surface area contributed by atoms with Crippen LogP contribution in [0.15, 0.2) is 337 Å². The summed E-state index contributed by atoms with van der Waals surface area (Å²) < 4.78 is 7.18. The van der Waals surface area contributed by atoms with Crippen LogP contribution in [0.2, 0.25) is 0 Å². The van der Waals surface area contributed by atoms with E-state index in [0.717, 1.165) is 15.5 Å². The van der Waals surface area contributed by atoms with Crippen LogP contribution in [0.5, 0.6) is 0 Å². The van der Waals surface area contributed by atoms with E-state index in [1.807, 2.05) is 0 Å². The van der Waals surface area contributed by atoms with Gasteiger partial charge in [0.2, 0.25) is 0 Å². The van der Waals surface area contributed by atoms with Crippen molar-refractivity contribution < 1.29 is 0 Å². The normalized spacial score (nSPS) is 11.5. The van der Waals surface area contributed by atoms with Crippen molar-refractivity contribution in [3.63, 3.8) is 0 Å². The molecular weight excluding hydrogens is 1220 g/mol. The third-order valence-electron chi connectivity index (χ3n) is 18.0. The fourth-order valence-corrected chi connectivity index (χ4v) is 14.2. The molecule has 0 N–H and O–H groups in total. The lowest BCUT2D eigenvalue weighted by molar-refractivity contribution is 0.865. The van der Waals surface area contributed by atoms with Crippen LogP contribution in [-0.4, -0.2) is 9.13 Å². The van der Waals surface area contributed by atoms with Crippen molar-refractivity contribution in [2.45, 2.75) is 13.1 Å². The van der Waals surface area contributed by atoms with Crippen LogP contribution < -0.4 is 0 Å². The van der Waals surface area contributed by atoms with E-state index in [-0.39, 0.29) is 0 Å². The van der Waals surface area contributed by atoms with E-state index >= 15 is 0 Å². The molecule has 2 heterocycles. The third-order valence-corrected chi connectivity index (χ3v) is 19.5. The van der Waals surface area contributed by atoms with Gasteiger partial charge in [-0.25, -0.2) is 0 Å². The molecule has 2 aromatic heterocycles. The maximum Gasteiger partial charge on any atom is 0.0494 e. The van der Waals surface area contributed by atoms with Crippen molar-refractivity contribution in [1.82, 2.24) is 9.13 Å². The molecule has 0 atom stereocenters. The van der Waals surface area contributed by atoms with Crippen molar-refractivity contribution in [3.05, 3.63) is 348 Å². The molecule has 0 saturated carbocycles. The van der Waals surface area contributed by atoms with Crippen molar-refractivity contribution in [3.8, 4) is 100 Å². The zero-order valence-electron chi connectivity index (χ0n) is 49.2. The predicted octanol–water partition coefficient (Wildman–Crippen LogP) is 24.5. The summed E-state index contributed by atoms with van der Waals surface area (Å²) in [4.78, 5) is 0. The molecular formula is C86H58Br2N2. The predicted molar refractivity (Wildman–Crippen MR) is 388 cm³/mol. The van der Waals surface area contributed by atoms with E-state index in [1.54, 1.807) is 0 Å². The van der Waals surface area contributed by atoms with Crippen molar-refractivity contribution in [1.29, 1.82) is 0 Å². The molecule has 0 spiro atoms. The number of nitrogens with zero attached hydrogens (tertiary/aromatic N) is 2. The first-order valence-corrected chi connectivity index (χ1v) is 32.3. The van der Waals surface area contributed by atoms with Gasteiger partial charge in [0.25, 0.3) is 0 Å². The van der Waals surface area contributed by atoms with Crippen LogP contribution in [-0.2, 0) is 13.1 Å². The number of benzene rings is 14. The first-order chi connectivity index (χ1) is 44.4. The Kier molecular flexibility index (Phi) is 14.4. The van der Waals surface area contributed by atoms with Crippen LogP contribution >= 0.6 is 31.9 Å². The summed E-state index contributed by atoms with van der Waals surface area (Å²) in [7, 11) is 0. The Morgan fingerprint density at radius 2 is 0.422 bits per heavy atom. The van der Waals surface area contributed by atoms with Gasteiger partial charge in [0.05, 0.1) is 0 Å². The molecule has 0 aliphatic rings. The average molecular weight is 1280 g/mol. The van der Waals surface area contributed by atoms with Gasteiger partial charge in [-0.05, 0) is 220 Å². The van der Waals surface area contributed by atoms with Gasteiger partial charge in [-0.2, -0.15) is 0 Å². The smallest absolute Gasteiger partial charge is 0.0494 e. The van der Waals surface area contributed by atoms with Gasteiger partial charge in [0, 0.05) is 65.6 Å². The van der Waals surface area contributed by atoms with Crippen molar-refractivity contribution >= 4 is 75.5 Å². The molecule has 0 aliphatic heterocycles. The summed E-state index contributed by atoms with van der Waals surface area (Å²) in [5.41, 5.74) is 28.6. The summed E-state index contributed by atoms with van der Waals surface area (Å²) in [5, 5.41) is 4.91. The minimum atomic E-state index is 0.654. The maximum absolute atomic E-state index is 4.09. The van der Waals surface area contributed by atoms with E-state index in [2.05, 4.69) is 369 Å². The molecule has 0 fully saturated rings. The first-order valence-electron chi connectivity index (χ1n) is 30.7. The Balaban J connectivity index is 0.812. The topological polar surface area (TPSA) is 9.86 Å². The average Bonchev–Trinajstić information content (AvgIpc) is 1.64. The first kappa shape index (κ1) is 55.0. The van der Waals surface area contributed by atoms with Gasteiger partial charge in [-0.1, -0.05) is 250 Å². The Hall–Kier alpha value is -10.4. The van der Waals surface area contributed by atoms with Gasteiger partial charge in [0.15, 0.2) is 0 Å². The number of halogens is 2. The molecule has 0 aliphatic carbocycles. The second-order valence-corrected chi connectivity index (χ2v) is 25.2. The Morgan fingerprint density at radius 1 is 0.178 bits per heavy atom. The number of aromatic nitrogens is 2. The molecule has 0 unspecified atom stereocenters. The van der Waals surface area contributed by atoms with Crippen LogP contribution in [0, 0.1) is 0 Å². The third kappa shape index (κ3) is 10.6. The highest BCUT2D eigenvalue weighted by atomic mass is 79.9. The largest absolute Gasteiger partial charge is 0.336 e. The molecule has 2 nitrogen and oxygen atoms in total. The molecule has 16 aromatic rings. The minimum absolute atomic E-state index is 0.654. The summed E-state index contributed by atoms with van der Waals surface area (Å²) in [6.45, 7) is 1.41. The monoisotopic (exact) mass is 1280 g/mol. The van der Waals surface area contributed by atoms with Gasteiger partial charge in [-0.3, -0.25) is 0 Å². The standard InChI is InChI=1S/C86H58Br2N2/c87-81-32-17-16-29-69(81)55-89-83-39-34-65(57-19-6-1-7-20-57)51-77(83)78-52-66(35-40-84(78)89)63-31-18-30-62(43-63)64-33-38-82(88)76(44-64)56-90-85-41-36-67(74-47-70(58-21-8-2-9-22-58)45-71(48-74)59-23-10-3-11-24-59)53-79(85)80-54-68(37-42-86(80)90)75-49-72(60-25-12-4-13-26-60)46-73(50-75)61-27-14-5-15-28-61/h1-54H,55-56H2. The number of hydrogen-bond donors (Lipinski definition) is 0. The second kappa shape index (κ2) is 23.6. The Labute approximate surface area is 541 Å². The number of fused-ring (bicyclic) bond motifs is 6. The molecule has 4 heteroatoms. The number of hydrogen-bond acceptors (Lipinski definition) is 0. The van der Waals surface area contributed by atoms with Crippen molar-refractivity contribution in [2.75, 3.05) is 0 Å². The highest BCUT2D eigenvalue weighted by Crippen LogP contribution is 2.43. The highest BCUT2D eigenvalue weighted by molar-refractivity contribution is 9.10. The SMILES string of the molecule is Brc1ccccc1Cn1c2ccc(-c3ccccc3)cc2c2cc(-c3cccc(-c4ccc(Br)c(Cn5c6ccc(-c7cc(-c8ccccc8)cc(-c8ccccc8)c7)cc6c6cc(-c7cc(-c8ccccc8)cc(-c8ccccc8)c7)ccc65)c4)c3)ccc21. The summed E-state index contributed by atoms with van der Waals surface area (Å²) in [6.07, 6.45) is 0. The molecule has 0 amide bonds. The zero-order chi connectivity index (χ0) is 60.1. The quantitative estimate of drug-likeness (QED) is 0.109. The molecule has 90 heavy (non-hydrogen) atoms. The van der Waals surface area contributed by atoms with Gasteiger partial charge in [0.1, 0.15) is 0 Å². The van der Waals surface area contributed by atoms with Crippen LogP contribution in [0.25, 0.3) is 144 Å². The lowest BCUT2D eigenvalue weighted by Gasteiger charge is -2.14. The molecule has 426 valence electrons. The minimum Gasteiger partial charge on any atom is -0.336 e. The van der Waals surface area contributed by atoms with Gasteiger partial charge < -0.3 is 9.13 Å². The Morgan fingerprint density at radius 3 is 0.800 bits per heavy atom. The second-order valence-electron chi connectivity index (χ2n) is 23.5. The summed E-state index contributed by atoms with van der Waals surface area (Å²) in [6, 6.07) is 120. The molecule has 0 radical (unpaired) electrons. The zero-order valence-corrected chi connectivity index (χ0v) is 52.4. The van der Waals surface area contributed by atoms with Gasteiger partial charge in [-0.15, -0.1) is 0 Å². The van der Waals surface area contributed by atoms with E-state index in [1.165, 1.54) is 155 Å². The molecule has 16 rings (SSSR count). The lowest BCUT2D eigenvalue weighted by atomic mass is 9.92. The highest BCUT2D eigenvalue weighted by Gasteiger charge is 2.20. The fourth-order valence-electron chi connectivity index (χ4n) is 13.4. The van der Waals surface area contributed by atoms with Crippen LogP contribution in [0.4, 0.5) is 0 Å².